The molecule has 0 aromatic carbocycles. The number of carbonyl (C=O) groups is 2. The van der Waals surface area contributed by atoms with E-state index < -0.39 is 0 Å². The average molecular weight is 238 g/mol. The van der Waals surface area contributed by atoms with Gasteiger partial charge in [0, 0.05) is 26.1 Å². The predicted molar refractivity (Wildman–Crippen MR) is 65.4 cm³/mol. The maximum atomic E-state index is 12.1. The lowest BCUT2D eigenvalue weighted by Gasteiger charge is -2.33. The zero-order chi connectivity index (χ0) is 12.3. The van der Waals surface area contributed by atoms with Gasteiger partial charge in [-0.3, -0.25) is 9.59 Å². The minimum atomic E-state index is 0.131. The van der Waals surface area contributed by atoms with Crippen LogP contribution in [0.1, 0.15) is 39.0 Å². The van der Waals surface area contributed by atoms with Gasteiger partial charge in [0.25, 0.3) is 0 Å². The van der Waals surface area contributed by atoms with Crippen LogP contribution >= 0.6 is 0 Å². The summed E-state index contributed by atoms with van der Waals surface area (Å²) < 4.78 is 0. The third kappa shape index (κ3) is 3.20. The van der Waals surface area contributed by atoms with E-state index in [9.17, 15) is 9.59 Å². The first-order valence-corrected chi connectivity index (χ1v) is 6.72. The smallest absolute Gasteiger partial charge is 0.242 e. The topological polar surface area (TPSA) is 40.6 Å². The molecule has 2 rings (SSSR count). The van der Waals surface area contributed by atoms with Crippen LogP contribution in [0.25, 0.3) is 0 Å². The first kappa shape index (κ1) is 12.4. The first-order chi connectivity index (χ1) is 8.16. The van der Waals surface area contributed by atoms with Crippen molar-refractivity contribution in [3.63, 3.8) is 0 Å². The van der Waals surface area contributed by atoms with Crippen molar-refractivity contribution in [3.05, 3.63) is 0 Å². The highest BCUT2D eigenvalue weighted by Crippen LogP contribution is 2.16. The molecule has 0 unspecified atom stereocenters. The third-order valence-corrected chi connectivity index (χ3v) is 3.76. The molecular formula is C13H22N2O2. The Balaban J connectivity index is 1.85. The van der Waals surface area contributed by atoms with Crippen molar-refractivity contribution < 1.29 is 9.59 Å². The van der Waals surface area contributed by atoms with Crippen LogP contribution in [-0.4, -0.2) is 47.8 Å². The maximum absolute atomic E-state index is 12.1. The van der Waals surface area contributed by atoms with Crippen LogP contribution in [-0.2, 0) is 9.59 Å². The molecule has 0 aliphatic carbocycles. The molecule has 0 aromatic rings. The van der Waals surface area contributed by atoms with Crippen LogP contribution in [0.15, 0.2) is 0 Å². The average Bonchev–Trinajstić information content (AvgIpc) is 2.32. The molecule has 4 heteroatoms. The van der Waals surface area contributed by atoms with Gasteiger partial charge >= 0.3 is 0 Å². The summed E-state index contributed by atoms with van der Waals surface area (Å²) in [6.07, 6.45) is 4.94. The number of hydrogen-bond donors (Lipinski definition) is 0. The fourth-order valence-corrected chi connectivity index (χ4v) is 2.71. The number of piperidine rings is 2. The summed E-state index contributed by atoms with van der Waals surface area (Å²) in [7, 11) is 0. The highest BCUT2D eigenvalue weighted by atomic mass is 16.2. The molecule has 0 N–H and O–H groups in total. The molecule has 0 saturated carbocycles. The van der Waals surface area contributed by atoms with Crippen molar-refractivity contribution >= 4 is 11.8 Å². The predicted octanol–water partition coefficient (Wildman–Crippen LogP) is 1.26. The van der Waals surface area contributed by atoms with Gasteiger partial charge < -0.3 is 9.80 Å². The van der Waals surface area contributed by atoms with Crippen molar-refractivity contribution in [2.45, 2.75) is 39.0 Å². The Hall–Kier alpha value is -1.06. The monoisotopic (exact) mass is 238 g/mol. The largest absolute Gasteiger partial charge is 0.341 e. The Morgan fingerprint density at radius 2 is 2.12 bits per heavy atom. The van der Waals surface area contributed by atoms with E-state index in [0.29, 0.717) is 18.9 Å². The highest BCUT2D eigenvalue weighted by Gasteiger charge is 2.25. The van der Waals surface area contributed by atoms with Gasteiger partial charge in [0.05, 0.1) is 6.54 Å². The molecule has 96 valence electrons. The molecule has 2 amide bonds. The van der Waals surface area contributed by atoms with E-state index >= 15 is 0 Å². The lowest BCUT2D eigenvalue weighted by atomic mass is 10.0. The zero-order valence-electron chi connectivity index (χ0n) is 10.7. The summed E-state index contributed by atoms with van der Waals surface area (Å²) in [6.45, 7) is 4.97. The van der Waals surface area contributed by atoms with Crippen molar-refractivity contribution in [3.8, 4) is 0 Å². The lowest BCUT2D eigenvalue weighted by molar-refractivity contribution is -0.142. The van der Waals surface area contributed by atoms with E-state index in [-0.39, 0.29) is 11.8 Å². The van der Waals surface area contributed by atoms with Gasteiger partial charge in [-0.15, -0.1) is 0 Å². The molecule has 0 bridgehead atoms. The van der Waals surface area contributed by atoms with Gasteiger partial charge in [-0.2, -0.15) is 0 Å². The second kappa shape index (κ2) is 5.52. The van der Waals surface area contributed by atoms with Crippen LogP contribution < -0.4 is 0 Å². The van der Waals surface area contributed by atoms with E-state index in [1.54, 1.807) is 4.90 Å². The number of carbonyl (C=O) groups excluding carboxylic acids is 2. The van der Waals surface area contributed by atoms with Crippen LogP contribution in [0.4, 0.5) is 0 Å². The Labute approximate surface area is 103 Å². The molecule has 2 aliphatic heterocycles. The SMILES string of the molecule is C[C@H]1CCCN(C(=O)CN2CCCCC2=O)C1. The van der Waals surface area contributed by atoms with Crippen molar-refractivity contribution in [2.24, 2.45) is 5.92 Å². The van der Waals surface area contributed by atoms with Crippen LogP contribution in [0, 0.1) is 5.92 Å². The standard InChI is InChI=1S/C13H22N2O2/c1-11-5-4-8-14(9-11)13(17)10-15-7-3-2-6-12(15)16/h11H,2-10H2,1H3/t11-/m0/s1. The van der Waals surface area contributed by atoms with Crippen molar-refractivity contribution in [2.75, 3.05) is 26.2 Å². The van der Waals surface area contributed by atoms with Gasteiger partial charge in [0.1, 0.15) is 0 Å². The fourth-order valence-electron chi connectivity index (χ4n) is 2.71. The minimum absolute atomic E-state index is 0.131. The van der Waals surface area contributed by atoms with Gasteiger partial charge in [-0.1, -0.05) is 6.92 Å². The van der Waals surface area contributed by atoms with Gasteiger partial charge in [0.15, 0.2) is 0 Å². The number of rotatable bonds is 2. The Bertz CT molecular complexity index is 304. The van der Waals surface area contributed by atoms with E-state index in [0.717, 1.165) is 38.9 Å². The molecule has 2 heterocycles. The summed E-state index contributed by atoms with van der Waals surface area (Å²) in [4.78, 5) is 27.4. The first-order valence-electron chi connectivity index (χ1n) is 6.72. The minimum Gasteiger partial charge on any atom is -0.341 e. The Morgan fingerprint density at radius 3 is 2.82 bits per heavy atom. The molecule has 1 atom stereocenters. The van der Waals surface area contributed by atoms with E-state index in [1.807, 2.05) is 4.90 Å². The number of hydrogen-bond acceptors (Lipinski definition) is 2. The summed E-state index contributed by atoms with van der Waals surface area (Å²) in [6, 6.07) is 0. The molecule has 2 saturated heterocycles. The second-order valence-corrected chi connectivity index (χ2v) is 5.36. The Kier molecular flexibility index (Phi) is 4.02. The summed E-state index contributed by atoms with van der Waals surface area (Å²) in [5, 5.41) is 0. The van der Waals surface area contributed by atoms with Crippen LogP contribution in [0.2, 0.25) is 0 Å². The summed E-state index contributed by atoms with van der Waals surface area (Å²) in [5.74, 6) is 0.881. The third-order valence-electron chi connectivity index (χ3n) is 3.76. The molecule has 2 fully saturated rings. The van der Waals surface area contributed by atoms with Crippen molar-refractivity contribution in [1.82, 2.24) is 9.80 Å². The number of likely N-dealkylation sites (tertiary alicyclic amines) is 2. The molecule has 4 nitrogen and oxygen atoms in total. The summed E-state index contributed by atoms with van der Waals surface area (Å²) >= 11 is 0. The quantitative estimate of drug-likeness (QED) is 0.726. The molecule has 0 aromatic heterocycles. The number of amides is 2. The van der Waals surface area contributed by atoms with Crippen LogP contribution in [0.3, 0.4) is 0 Å². The molecular weight excluding hydrogens is 216 g/mol. The zero-order valence-corrected chi connectivity index (χ0v) is 10.7. The molecule has 17 heavy (non-hydrogen) atoms. The highest BCUT2D eigenvalue weighted by molar-refractivity contribution is 5.85. The lowest BCUT2D eigenvalue weighted by Crippen LogP contribution is -2.47. The van der Waals surface area contributed by atoms with Gasteiger partial charge in [0.2, 0.25) is 11.8 Å². The normalized spacial score (nSPS) is 26.2. The number of nitrogens with zero attached hydrogens (tertiary/aromatic N) is 2. The van der Waals surface area contributed by atoms with E-state index in [1.165, 1.54) is 6.42 Å². The molecule has 0 spiro atoms. The second-order valence-electron chi connectivity index (χ2n) is 5.36. The van der Waals surface area contributed by atoms with E-state index in [2.05, 4.69) is 6.92 Å². The van der Waals surface area contributed by atoms with Crippen molar-refractivity contribution in [1.29, 1.82) is 0 Å². The van der Waals surface area contributed by atoms with Gasteiger partial charge in [-0.25, -0.2) is 0 Å². The van der Waals surface area contributed by atoms with Gasteiger partial charge in [-0.05, 0) is 31.6 Å². The maximum Gasteiger partial charge on any atom is 0.242 e. The van der Waals surface area contributed by atoms with E-state index in [4.69, 9.17) is 0 Å². The van der Waals surface area contributed by atoms with Crippen LogP contribution in [0.5, 0.6) is 0 Å². The Morgan fingerprint density at radius 1 is 1.29 bits per heavy atom. The fraction of sp³-hybridized carbons (Fsp3) is 0.846. The summed E-state index contributed by atoms with van der Waals surface area (Å²) in [5.41, 5.74) is 0. The molecule has 2 aliphatic rings. The molecule has 0 radical (unpaired) electrons.